The number of carbonyl (C=O) groups is 1. The van der Waals surface area contributed by atoms with Crippen LogP contribution in [0.15, 0.2) is 42.6 Å². The number of hydrogen-bond donors (Lipinski definition) is 1. The van der Waals surface area contributed by atoms with Crippen molar-refractivity contribution >= 4 is 11.6 Å². The van der Waals surface area contributed by atoms with Crippen molar-refractivity contribution in [2.45, 2.75) is 25.8 Å². The van der Waals surface area contributed by atoms with Crippen LogP contribution in [0.4, 0.5) is 5.69 Å². The van der Waals surface area contributed by atoms with E-state index in [1.54, 1.807) is 18.3 Å². The van der Waals surface area contributed by atoms with Gasteiger partial charge in [0.05, 0.1) is 12.6 Å². The smallest absolute Gasteiger partial charge is 0.261 e. The molecule has 1 saturated carbocycles. The molecule has 0 atom stereocenters. The van der Waals surface area contributed by atoms with Crippen LogP contribution in [0.5, 0.6) is 5.88 Å². The number of anilines is 1. The minimum atomic E-state index is -0.277. The molecule has 1 fully saturated rings. The maximum Gasteiger partial charge on any atom is 0.261 e. The molecule has 132 valence electrons. The standard InChI is InChI=1S/C18H18N6O2/c1-2-26-18-15(7-4-10-19-18)17(25)20-13-6-3-5-12(11-13)16-21-22-23-24(16)14-8-9-14/h3-7,10-11,14H,2,8-9H2,1H3,(H,20,25). The molecule has 0 unspecified atom stereocenters. The highest BCUT2D eigenvalue weighted by Crippen LogP contribution is 2.36. The van der Waals surface area contributed by atoms with Gasteiger partial charge < -0.3 is 10.1 Å². The molecule has 8 heteroatoms. The fraction of sp³-hybridized carbons (Fsp3) is 0.278. The van der Waals surface area contributed by atoms with Crippen LogP contribution in [-0.2, 0) is 0 Å². The van der Waals surface area contributed by atoms with Crippen molar-refractivity contribution in [3.8, 4) is 17.3 Å². The Morgan fingerprint density at radius 3 is 3.00 bits per heavy atom. The van der Waals surface area contributed by atoms with Gasteiger partial charge >= 0.3 is 0 Å². The van der Waals surface area contributed by atoms with E-state index in [0.29, 0.717) is 35.6 Å². The van der Waals surface area contributed by atoms with Crippen LogP contribution in [-0.4, -0.2) is 37.7 Å². The third kappa shape index (κ3) is 3.26. The molecule has 3 aromatic rings. The highest BCUT2D eigenvalue weighted by atomic mass is 16.5. The third-order valence-corrected chi connectivity index (χ3v) is 4.06. The second-order valence-electron chi connectivity index (χ2n) is 6.00. The first-order valence-electron chi connectivity index (χ1n) is 8.53. The van der Waals surface area contributed by atoms with E-state index in [1.807, 2.05) is 35.9 Å². The van der Waals surface area contributed by atoms with Crippen LogP contribution in [0.25, 0.3) is 11.4 Å². The second-order valence-corrected chi connectivity index (χ2v) is 6.00. The minimum absolute atomic E-state index is 0.277. The zero-order valence-corrected chi connectivity index (χ0v) is 14.3. The zero-order valence-electron chi connectivity index (χ0n) is 14.3. The number of rotatable bonds is 6. The van der Waals surface area contributed by atoms with Gasteiger partial charge in [0.1, 0.15) is 5.56 Å². The lowest BCUT2D eigenvalue weighted by Gasteiger charge is -2.10. The Hall–Kier alpha value is -3.29. The molecule has 4 rings (SSSR count). The van der Waals surface area contributed by atoms with E-state index in [9.17, 15) is 4.79 Å². The van der Waals surface area contributed by atoms with E-state index in [4.69, 9.17) is 4.74 Å². The van der Waals surface area contributed by atoms with Crippen molar-refractivity contribution in [3.05, 3.63) is 48.2 Å². The summed E-state index contributed by atoms with van der Waals surface area (Å²) in [6, 6.07) is 11.2. The molecule has 0 aliphatic heterocycles. The van der Waals surface area contributed by atoms with Gasteiger partial charge in [-0.15, -0.1) is 5.10 Å². The Kier molecular flexibility index (Phi) is 4.30. The lowest BCUT2D eigenvalue weighted by atomic mass is 10.1. The Bertz CT molecular complexity index is 935. The van der Waals surface area contributed by atoms with Crippen molar-refractivity contribution in [2.75, 3.05) is 11.9 Å². The number of carbonyl (C=O) groups excluding carboxylic acids is 1. The van der Waals surface area contributed by atoms with E-state index in [2.05, 4.69) is 25.8 Å². The van der Waals surface area contributed by atoms with Gasteiger partial charge in [-0.05, 0) is 54.5 Å². The van der Waals surface area contributed by atoms with E-state index < -0.39 is 0 Å². The highest BCUT2D eigenvalue weighted by Gasteiger charge is 2.28. The Morgan fingerprint density at radius 1 is 1.31 bits per heavy atom. The van der Waals surface area contributed by atoms with Crippen LogP contribution in [0, 0.1) is 0 Å². The van der Waals surface area contributed by atoms with Gasteiger partial charge in [0.2, 0.25) is 5.88 Å². The Labute approximate surface area is 150 Å². The lowest BCUT2D eigenvalue weighted by molar-refractivity contribution is 0.102. The van der Waals surface area contributed by atoms with Crippen LogP contribution in [0.2, 0.25) is 0 Å². The van der Waals surface area contributed by atoms with E-state index in [-0.39, 0.29) is 5.91 Å². The maximum atomic E-state index is 12.6. The summed E-state index contributed by atoms with van der Waals surface area (Å²) in [6.07, 6.45) is 3.78. The molecule has 1 aliphatic rings. The van der Waals surface area contributed by atoms with Crippen molar-refractivity contribution in [3.63, 3.8) is 0 Å². The first-order chi connectivity index (χ1) is 12.8. The maximum absolute atomic E-state index is 12.6. The van der Waals surface area contributed by atoms with Crippen LogP contribution in [0.1, 0.15) is 36.2 Å². The van der Waals surface area contributed by atoms with Crippen molar-refractivity contribution in [1.29, 1.82) is 0 Å². The summed E-state index contributed by atoms with van der Waals surface area (Å²) < 4.78 is 7.27. The topological polar surface area (TPSA) is 94.8 Å². The van der Waals surface area contributed by atoms with Crippen LogP contribution >= 0.6 is 0 Å². The fourth-order valence-corrected chi connectivity index (χ4v) is 2.70. The Balaban J connectivity index is 1.58. The first-order valence-corrected chi connectivity index (χ1v) is 8.53. The summed E-state index contributed by atoms with van der Waals surface area (Å²) in [5, 5.41) is 14.9. The fourth-order valence-electron chi connectivity index (χ4n) is 2.70. The monoisotopic (exact) mass is 350 g/mol. The predicted molar refractivity (Wildman–Crippen MR) is 94.9 cm³/mol. The number of ether oxygens (including phenoxy) is 1. The number of benzene rings is 1. The van der Waals surface area contributed by atoms with Gasteiger partial charge in [0, 0.05) is 17.4 Å². The number of nitrogens with zero attached hydrogens (tertiary/aromatic N) is 5. The first kappa shape index (κ1) is 16.2. The SMILES string of the molecule is CCOc1ncccc1C(=O)Nc1cccc(-c2nnnn2C2CC2)c1. The van der Waals surface area contributed by atoms with Crippen molar-refractivity contribution in [2.24, 2.45) is 0 Å². The van der Waals surface area contributed by atoms with Crippen molar-refractivity contribution < 1.29 is 9.53 Å². The van der Waals surface area contributed by atoms with Gasteiger partial charge in [0.15, 0.2) is 5.82 Å². The number of amides is 1. The molecule has 1 aliphatic carbocycles. The molecular weight excluding hydrogens is 332 g/mol. The molecule has 0 saturated heterocycles. The second kappa shape index (κ2) is 6.91. The Morgan fingerprint density at radius 2 is 2.19 bits per heavy atom. The molecule has 1 N–H and O–H groups in total. The number of nitrogens with one attached hydrogen (secondary N) is 1. The molecule has 1 amide bonds. The summed E-state index contributed by atoms with van der Waals surface area (Å²) >= 11 is 0. The van der Waals surface area contributed by atoms with E-state index >= 15 is 0 Å². The molecule has 26 heavy (non-hydrogen) atoms. The molecule has 0 radical (unpaired) electrons. The molecule has 2 heterocycles. The van der Waals surface area contributed by atoms with Gasteiger partial charge in [-0.25, -0.2) is 9.67 Å². The molecule has 1 aromatic carbocycles. The van der Waals surface area contributed by atoms with Gasteiger partial charge in [-0.3, -0.25) is 4.79 Å². The average molecular weight is 350 g/mol. The van der Waals surface area contributed by atoms with Crippen LogP contribution in [0.3, 0.4) is 0 Å². The van der Waals surface area contributed by atoms with Crippen molar-refractivity contribution in [1.82, 2.24) is 25.2 Å². The molecule has 8 nitrogen and oxygen atoms in total. The summed E-state index contributed by atoms with van der Waals surface area (Å²) in [6.45, 7) is 2.29. The summed E-state index contributed by atoms with van der Waals surface area (Å²) in [5.74, 6) is 0.752. The number of tetrazole rings is 1. The predicted octanol–water partition coefficient (Wildman–Crippen LogP) is 2.72. The molecule has 0 spiro atoms. The highest BCUT2D eigenvalue weighted by molar-refractivity contribution is 6.06. The minimum Gasteiger partial charge on any atom is -0.477 e. The summed E-state index contributed by atoms with van der Waals surface area (Å²) in [4.78, 5) is 16.7. The number of pyridine rings is 1. The van der Waals surface area contributed by atoms with E-state index in [0.717, 1.165) is 18.4 Å². The molecule has 0 bridgehead atoms. The normalized spacial score (nSPS) is 13.4. The lowest BCUT2D eigenvalue weighted by Crippen LogP contribution is -2.14. The summed E-state index contributed by atoms with van der Waals surface area (Å²) in [5.41, 5.74) is 1.91. The summed E-state index contributed by atoms with van der Waals surface area (Å²) in [7, 11) is 0. The number of hydrogen-bond acceptors (Lipinski definition) is 6. The zero-order chi connectivity index (χ0) is 17.9. The van der Waals surface area contributed by atoms with Crippen LogP contribution < -0.4 is 10.1 Å². The third-order valence-electron chi connectivity index (χ3n) is 4.06. The van der Waals surface area contributed by atoms with Gasteiger partial charge in [0.25, 0.3) is 5.91 Å². The number of aromatic nitrogens is 5. The van der Waals surface area contributed by atoms with Gasteiger partial charge in [-0.2, -0.15) is 0 Å². The molecule has 2 aromatic heterocycles. The largest absolute Gasteiger partial charge is 0.477 e. The molecular formula is C18H18N6O2. The quantitative estimate of drug-likeness (QED) is 0.734. The average Bonchev–Trinajstić information content (AvgIpc) is 3.39. The van der Waals surface area contributed by atoms with Gasteiger partial charge in [-0.1, -0.05) is 12.1 Å². The van der Waals surface area contributed by atoms with E-state index in [1.165, 1.54) is 0 Å².